The summed E-state index contributed by atoms with van der Waals surface area (Å²) in [6, 6.07) is 1.09. The Morgan fingerprint density at radius 1 is 1.36 bits per heavy atom. The van der Waals surface area contributed by atoms with Gasteiger partial charge in [0.2, 0.25) is 5.91 Å². The number of piperidine rings is 1. The summed E-state index contributed by atoms with van der Waals surface area (Å²) in [5.74, 6) is -0.384. The maximum absolute atomic E-state index is 13.7. The number of aromatic nitrogens is 2. The first-order valence-corrected chi connectivity index (χ1v) is 9.36. The van der Waals surface area contributed by atoms with E-state index in [9.17, 15) is 18.0 Å². The van der Waals surface area contributed by atoms with Gasteiger partial charge in [0.1, 0.15) is 0 Å². The highest BCUT2D eigenvalue weighted by Gasteiger charge is 2.38. The monoisotopic (exact) mass is 399 g/mol. The van der Waals surface area contributed by atoms with E-state index < -0.39 is 11.7 Å². The van der Waals surface area contributed by atoms with Gasteiger partial charge < -0.3 is 14.2 Å². The van der Waals surface area contributed by atoms with Gasteiger partial charge in [-0.05, 0) is 24.8 Å². The Labute approximate surface area is 161 Å². The molecule has 6 nitrogen and oxygen atoms in total. The number of rotatable bonds is 5. The lowest BCUT2D eigenvalue weighted by Crippen LogP contribution is -2.38. The van der Waals surface area contributed by atoms with Crippen LogP contribution >= 0.6 is 0 Å². The highest BCUT2D eigenvalue weighted by Crippen LogP contribution is 2.41. The van der Waals surface area contributed by atoms with Crippen LogP contribution in [0.3, 0.4) is 0 Å². The van der Waals surface area contributed by atoms with Crippen molar-refractivity contribution < 1.29 is 27.2 Å². The molecule has 0 unspecified atom stereocenters. The van der Waals surface area contributed by atoms with Gasteiger partial charge in [0, 0.05) is 31.8 Å². The largest absolute Gasteiger partial charge is 0.417 e. The van der Waals surface area contributed by atoms with E-state index in [0.29, 0.717) is 44.7 Å². The van der Waals surface area contributed by atoms with Crippen molar-refractivity contribution in [3.63, 3.8) is 0 Å². The molecular weight excluding hydrogens is 375 g/mol. The fourth-order valence-electron chi connectivity index (χ4n) is 3.54. The van der Waals surface area contributed by atoms with Crippen LogP contribution in [0.2, 0.25) is 0 Å². The lowest BCUT2D eigenvalue weighted by Gasteiger charge is -2.31. The van der Waals surface area contributed by atoms with E-state index >= 15 is 0 Å². The Morgan fingerprint density at radius 2 is 2.04 bits per heavy atom. The molecule has 28 heavy (non-hydrogen) atoms. The van der Waals surface area contributed by atoms with Crippen LogP contribution in [0, 0.1) is 0 Å². The quantitative estimate of drug-likeness (QED) is 0.757. The van der Waals surface area contributed by atoms with E-state index in [1.807, 2.05) is 0 Å². The minimum Gasteiger partial charge on any atom is -0.384 e. The third-order valence-electron chi connectivity index (χ3n) is 5.14. The highest BCUT2D eigenvalue weighted by atomic mass is 19.4. The molecule has 0 atom stereocenters. The van der Waals surface area contributed by atoms with Crippen LogP contribution in [-0.2, 0) is 15.7 Å². The van der Waals surface area contributed by atoms with Crippen LogP contribution in [0.5, 0.6) is 0 Å². The summed E-state index contributed by atoms with van der Waals surface area (Å²) in [5, 5.41) is 3.90. The Balaban J connectivity index is 1.88. The third-order valence-corrected chi connectivity index (χ3v) is 5.14. The maximum Gasteiger partial charge on any atom is 0.417 e. The summed E-state index contributed by atoms with van der Waals surface area (Å²) in [4.78, 5) is 18.1. The fourth-order valence-corrected chi connectivity index (χ4v) is 3.54. The number of ether oxygens (including phenoxy) is 1. The van der Waals surface area contributed by atoms with Crippen LogP contribution in [0.15, 0.2) is 10.6 Å². The van der Waals surface area contributed by atoms with Crippen molar-refractivity contribution >= 4 is 17.0 Å². The van der Waals surface area contributed by atoms with Crippen LogP contribution in [-0.4, -0.2) is 47.8 Å². The van der Waals surface area contributed by atoms with E-state index in [1.165, 1.54) is 7.11 Å². The van der Waals surface area contributed by atoms with Gasteiger partial charge in [0.25, 0.3) is 5.71 Å². The molecule has 3 rings (SSSR count). The number of halogens is 3. The van der Waals surface area contributed by atoms with Crippen molar-refractivity contribution in [3.8, 4) is 0 Å². The molecule has 3 heterocycles. The van der Waals surface area contributed by atoms with Crippen LogP contribution in [0.4, 0.5) is 13.2 Å². The van der Waals surface area contributed by atoms with Gasteiger partial charge in [0.15, 0.2) is 0 Å². The van der Waals surface area contributed by atoms with Gasteiger partial charge in [-0.25, -0.2) is 4.98 Å². The number of nitrogens with zero attached hydrogens (tertiary/aromatic N) is 3. The molecule has 1 aliphatic heterocycles. The molecule has 2 aromatic heterocycles. The standard InChI is InChI=1S/C19H24F3N3O3/c1-11(2)14-10-13(19(20,21)22)16-17(24-28-18(16)23-14)12-4-7-25(8-5-12)15(26)6-9-27-3/h10-12H,4-9H2,1-3H3. The lowest BCUT2D eigenvalue weighted by atomic mass is 9.90. The normalized spacial score (nSPS) is 16.3. The molecule has 0 radical (unpaired) electrons. The molecule has 1 fully saturated rings. The first kappa shape index (κ1) is 20.6. The molecule has 0 saturated carbocycles. The number of fused-ring (bicyclic) bond motifs is 1. The lowest BCUT2D eigenvalue weighted by molar-refractivity contribution is -0.136. The van der Waals surface area contributed by atoms with Crippen molar-refractivity contribution in [1.29, 1.82) is 0 Å². The zero-order valence-corrected chi connectivity index (χ0v) is 16.2. The summed E-state index contributed by atoms with van der Waals surface area (Å²) in [7, 11) is 1.53. The molecule has 2 aromatic rings. The first-order chi connectivity index (χ1) is 13.2. The van der Waals surface area contributed by atoms with E-state index in [4.69, 9.17) is 9.26 Å². The Bertz CT molecular complexity index is 840. The van der Waals surface area contributed by atoms with Gasteiger partial charge >= 0.3 is 6.18 Å². The Hall–Kier alpha value is -2.16. The SMILES string of the molecule is COCCC(=O)N1CCC(c2noc3nc(C(C)C)cc(C(F)(F)F)c23)CC1. The van der Waals surface area contributed by atoms with Crippen LogP contribution in [0.1, 0.15) is 61.9 Å². The van der Waals surface area contributed by atoms with Crippen LogP contribution < -0.4 is 0 Å². The predicted octanol–water partition coefficient (Wildman–Crippen LogP) is 4.11. The molecule has 9 heteroatoms. The van der Waals surface area contributed by atoms with Gasteiger partial charge in [0.05, 0.1) is 29.7 Å². The maximum atomic E-state index is 13.7. The van der Waals surface area contributed by atoms with Gasteiger partial charge in [-0.15, -0.1) is 0 Å². The molecule has 0 aliphatic carbocycles. The molecule has 1 saturated heterocycles. The van der Waals surface area contributed by atoms with Crippen molar-refractivity contribution in [1.82, 2.24) is 15.0 Å². The molecule has 0 spiro atoms. The molecule has 0 N–H and O–H groups in total. The van der Waals surface area contributed by atoms with Crippen molar-refractivity contribution in [2.75, 3.05) is 26.8 Å². The summed E-state index contributed by atoms with van der Waals surface area (Å²) in [5.41, 5.74) is -0.224. The van der Waals surface area contributed by atoms with E-state index in [0.717, 1.165) is 6.07 Å². The number of alkyl halides is 3. The molecule has 1 aliphatic rings. The minimum atomic E-state index is -4.53. The second-order valence-corrected chi connectivity index (χ2v) is 7.39. The highest BCUT2D eigenvalue weighted by molar-refractivity contribution is 5.82. The van der Waals surface area contributed by atoms with E-state index in [1.54, 1.807) is 18.7 Å². The topological polar surface area (TPSA) is 68.5 Å². The van der Waals surface area contributed by atoms with Gasteiger partial charge in [-0.1, -0.05) is 19.0 Å². The van der Waals surface area contributed by atoms with Crippen molar-refractivity contribution in [3.05, 3.63) is 23.0 Å². The smallest absolute Gasteiger partial charge is 0.384 e. The van der Waals surface area contributed by atoms with E-state index in [2.05, 4.69) is 10.1 Å². The molecule has 154 valence electrons. The average Bonchev–Trinajstić information content (AvgIpc) is 3.08. The zero-order chi connectivity index (χ0) is 20.5. The summed E-state index contributed by atoms with van der Waals surface area (Å²) < 4.78 is 51.2. The van der Waals surface area contributed by atoms with Crippen molar-refractivity contribution in [2.45, 2.75) is 51.1 Å². The summed E-state index contributed by atoms with van der Waals surface area (Å²) in [6.45, 7) is 4.86. The first-order valence-electron chi connectivity index (χ1n) is 9.36. The molecule has 0 bridgehead atoms. The number of hydrogen-bond acceptors (Lipinski definition) is 5. The Morgan fingerprint density at radius 3 is 2.61 bits per heavy atom. The second kappa shape index (κ2) is 8.06. The van der Waals surface area contributed by atoms with Gasteiger partial charge in [-0.3, -0.25) is 4.79 Å². The summed E-state index contributed by atoms with van der Waals surface area (Å²) in [6.07, 6.45) is -3.16. The summed E-state index contributed by atoms with van der Waals surface area (Å²) >= 11 is 0. The molecule has 1 amide bonds. The third kappa shape index (κ3) is 4.14. The number of carbonyl (C=O) groups is 1. The molecule has 0 aromatic carbocycles. The van der Waals surface area contributed by atoms with E-state index in [-0.39, 0.29) is 34.5 Å². The zero-order valence-electron chi connectivity index (χ0n) is 16.2. The van der Waals surface area contributed by atoms with Gasteiger partial charge in [-0.2, -0.15) is 13.2 Å². The predicted molar refractivity (Wildman–Crippen MR) is 95.9 cm³/mol. The Kier molecular flexibility index (Phi) is 5.92. The number of hydrogen-bond donors (Lipinski definition) is 0. The fraction of sp³-hybridized carbons (Fsp3) is 0.632. The van der Waals surface area contributed by atoms with Crippen LogP contribution in [0.25, 0.3) is 11.1 Å². The minimum absolute atomic E-state index is 0.00969. The second-order valence-electron chi connectivity index (χ2n) is 7.39. The average molecular weight is 399 g/mol. The molecular formula is C19H24F3N3O3. The number of likely N-dealkylation sites (tertiary alicyclic amines) is 1. The number of pyridine rings is 1. The number of carbonyl (C=O) groups excluding carboxylic acids is 1. The van der Waals surface area contributed by atoms with Crippen molar-refractivity contribution in [2.24, 2.45) is 0 Å². The number of amides is 1. The number of methoxy groups -OCH3 is 1.